The van der Waals surface area contributed by atoms with Crippen LogP contribution in [0.15, 0.2) is 0 Å². The van der Waals surface area contributed by atoms with Gasteiger partial charge in [0.15, 0.2) is 0 Å². The van der Waals surface area contributed by atoms with Gasteiger partial charge in [0.05, 0.1) is 39.3 Å². The average Bonchev–Trinajstić information content (AvgIpc) is 3.27. The molecule has 338 valence electrons. The number of fused-ring (bicyclic) bond motifs is 9. The Morgan fingerprint density at radius 2 is 0.293 bits per heavy atom. The second kappa shape index (κ2) is 23.9. The van der Waals surface area contributed by atoms with Crippen LogP contribution in [0.3, 0.4) is 0 Å². The molecule has 0 aromatic rings. The Kier molecular flexibility index (Phi) is 19.5. The maximum absolute atomic E-state index is 8.99. The third-order valence-electron chi connectivity index (χ3n) is 18.5. The number of piperazine rings is 9. The van der Waals surface area contributed by atoms with Crippen molar-refractivity contribution >= 4 is 0 Å². The topological polar surface area (TPSA) is 40.5 Å². The Balaban J connectivity index is 0.712. The second-order valence-corrected chi connectivity index (χ2v) is 22.3. The predicted octanol–water partition coefficient (Wildman–Crippen LogP) is 7.32. The van der Waals surface area contributed by atoms with Gasteiger partial charge in [-0.25, -0.2) is 0 Å². The summed E-state index contributed by atoms with van der Waals surface area (Å²) < 4.78 is 8.81. The van der Waals surface area contributed by atoms with E-state index in [1.807, 2.05) is 0 Å². The van der Waals surface area contributed by atoms with Gasteiger partial charge in [0.25, 0.3) is 0 Å². The number of hydrogen-bond donors (Lipinski definition) is 2. The Hall–Kier alpha value is -0.320. The van der Waals surface area contributed by atoms with Crippen molar-refractivity contribution in [3.8, 4) is 0 Å². The van der Waals surface area contributed by atoms with Crippen LogP contribution in [0.1, 0.15) is 154 Å². The van der Waals surface area contributed by atoms with Gasteiger partial charge in [0.1, 0.15) is 118 Å². The van der Waals surface area contributed by atoms with Crippen molar-refractivity contribution in [1.82, 2.24) is 0 Å². The quantitative estimate of drug-likeness (QED) is 0.0529. The Morgan fingerprint density at radius 1 is 0.172 bits per heavy atom. The molecular weight excluding hydrogens is 717 g/mol. The first kappa shape index (κ1) is 47.2. The van der Waals surface area contributed by atoms with Crippen LogP contribution < -0.4 is 0 Å². The molecule has 2 N–H and O–H groups in total. The SMILES string of the molecule is OCCCCCCCC[N+]12CC[N+](CCCCCCCC[N+]34CC[N+](CCCCCCCC[N+]56CC[N+](CCCCCCCCO)(CC5)CC6)(CC3)CC4)(CC1)CC2. The lowest BCUT2D eigenvalue weighted by molar-refractivity contribution is -1.08. The molecule has 9 rings (SSSR count). The molecule has 8 heteroatoms. The minimum Gasteiger partial charge on any atom is -0.396 e. The molecular formula is C50H102N6O2+6. The zero-order chi connectivity index (χ0) is 40.4. The molecule has 0 radical (unpaired) electrons. The van der Waals surface area contributed by atoms with Gasteiger partial charge in [0.2, 0.25) is 0 Å². The summed E-state index contributed by atoms with van der Waals surface area (Å²) in [6.45, 7) is 36.0. The molecule has 6 bridgehead atoms. The highest BCUT2D eigenvalue weighted by Crippen LogP contribution is 2.31. The predicted molar refractivity (Wildman–Crippen MR) is 243 cm³/mol. The summed E-state index contributed by atoms with van der Waals surface area (Å²) >= 11 is 0. The maximum atomic E-state index is 8.99. The summed E-state index contributed by atoms with van der Waals surface area (Å²) in [6.07, 6.45) is 33.2. The molecule has 0 aromatic heterocycles. The fourth-order valence-corrected chi connectivity index (χ4v) is 13.6. The molecule has 9 heterocycles. The highest BCUT2D eigenvalue weighted by Gasteiger charge is 2.50. The summed E-state index contributed by atoms with van der Waals surface area (Å²) in [6, 6.07) is 0. The summed E-state index contributed by atoms with van der Waals surface area (Å²) in [4.78, 5) is 0. The number of nitrogens with zero attached hydrogens (tertiary/aromatic N) is 6. The highest BCUT2D eigenvalue weighted by molar-refractivity contribution is 4.66. The number of aliphatic hydroxyl groups excluding tert-OH is 2. The number of aliphatic hydroxyl groups is 2. The van der Waals surface area contributed by atoms with E-state index in [4.69, 9.17) is 10.2 Å². The number of hydrogen-bond acceptors (Lipinski definition) is 2. The number of unbranched alkanes of at least 4 members (excludes halogenated alkanes) is 20. The standard InChI is InChI=1S/C50H102N6O2/c57-49-23-15-7-5-13-21-29-55-43-37-53(38-44-55,39-45-55)27-19-11-3-1-9-17-25-51-31-34-52(35-32-51,36-33-51)26-18-10-2-4-12-20-28-54-40-46-56(47-41-54,48-42-54)30-22-14-6-8-16-24-50-58/h57-58H,1-50H2/q+6. The fraction of sp³-hybridized carbons (Fsp3) is 1.00. The number of rotatable bonds is 34. The van der Waals surface area contributed by atoms with E-state index in [0.717, 1.165) is 12.8 Å². The van der Waals surface area contributed by atoms with E-state index in [2.05, 4.69) is 0 Å². The van der Waals surface area contributed by atoms with Crippen molar-refractivity contribution < 1.29 is 37.1 Å². The Morgan fingerprint density at radius 3 is 0.431 bits per heavy atom. The zero-order valence-corrected chi connectivity index (χ0v) is 38.9. The van der Waals surface area contributed by atoms with Gasteiger partial charge in [-0.1, -0.05) is 64.2 Å². The summed E-state index contributed by atoms with van der Waals surface area (Å²) in [5, 5.41) is 18.0. The van der Waals surface area contributed by atoms with Gasteiger partial charge in [0, 0.05) is 13.2 Å². The molecule has 0 aromatic carbocycles. The third kappa shape index (κ3) is 14.1. The first-order chi connectivity index (χ1) is 28.4. The van der Waals surface area contributed by atoms with Crippen molar-refractivity contribution in [2.75, 3.05) is 170 Å². The highest BCUT2D eigenvalue weighted by atomic mass is 16.3. The zero-order valence-electron chi connectivity index (χ0n) is 38.9. The first-order valence-electron chi connectivity index (χ1n) is 26.7. The van der Waals surface area contributed by atoms with Crippen LogP contribution in [0.25, 0.3) is 0 Å². The molecule has 0 unspecified atom stereocenters. The monoisotopic (exact) mass is 819 g/mol. The molecule has 0 atom stereocenters. The van der Waals surface area contributed by atoms with Gasteiger partial charge in [-0.05, 0) is 89.9 Å². The summed E-state index contributed by atoms with van der Waals surface area (Å²) in [5.41, 5.74) is 0. The van der Waals surface area contributed by atoms with Crippen molar-refractivity contribution in [3.05, 3.63) is 0 Å². The van der Waals surface area contributed by atoms with Gasteiger partial charge in [-0.3, -0.25) is 0 Å². The molecule has 8 nitrogen and oxygen atoms in total. The van der Waals surface area contributed by atoms with E-state index < -0.39 is 0 Å². The fourth-order valence-electron chi connectivity index (χ4n) is 13.6. The van der Waals surface area contributed by atoms with Crippen molar-refractivity contribution in [2.45, 2.75) is 154 Å². The summed E-state index contributed by atoms with van der Waals surface area (Å²) in [5.74, 6) is 0. The van der Waals surface area contributed by atoms with Gasteiger partial charge >= 0.3 is 0 Å². The maximum Gasteiger partial charge on any atom is 0.129 e. The third-order valence-corrected chi connectivity index (χ3v) is 18.5. The molecule has 9 aliphatic rings. The van der Waals surface area contributed by atoms with Crippen LogP contribution in [0.2, 0.25) is 0 Å². The molecule has 9 saturated heterocycles. The minimum atomic E-state index is 0.373. The lowest BCUT2D eigenvalue weighted by atomic mass is 10.0. The van der Waals surface area contributed by atoms with Crippen molar-refractivity contribution in [2.24, 2.45) is 0 Å². The van der Waals surface area contributed by atoms with Crippen LogP contribution in [-0.2, 0) is 0 Å². The minimum absolute atomic E-state index is 0.373. The lowest BCUT2D eigenvalue weighted by Gasteiger charge is -2.56. The first-order valence-corrected chi connectivity index (χ1v) is 26.7. The van der Waals surface area contributed by atoms with E-state index in [-0.39, 0.29) is 0 Å². The molecule has 0 aliphatic carbocycles. The molecule has 0 saturated carbocycles. The van der Waals surface area contributed by atoms with Crippen LogP contribution >= 0.6 is 0 Å². The van der Waals surface area contributed by atoms with Gasteiger partial charge in [-0.2, -0.15) is 0 Å². The van der Waals surface area contributed by atoms with Crippen LogP contribution in [0.4, 0.5) is 0 Å². The smallest absolute Gasteiger partial charge is 0.129 e. The van der Waals surface area contributed by atoms with E-state index in [1.54, 1.807) is 0 Å². The largest absolute Gasteiger partial charge is 0.396 e. The van der Waals surface area contributed by atoms with E-state index in [1.165, 1.54) is 325 Å². The average molecular weight is 819 g/mol. The van der Waals surface area contributed by atoms with Crippen molar-refractivity contribution in [3.63, 3.8) is 0 Å². The van der Waals surface area contributed by atoms with Crippen LogP contribution in [0.5, 0.6) is 0 Å². The van der Waals surface area contributed by atoms with Crippen molar-refractivity contribution in [1.29, 1.82) is 0 Å². The molecule has 58 heavy (non-hydrogen) atoms. The van der Waals surface area contributed by atoms with E-state index in [9.17, 15) is 0 Å². The normalized spacial score (nSPS) is 34.0. The molecule has 0 spiro atoms. The molecule has 9 aliphatic heterocycles. The van der Waals surface area contributed by atoms with E-state index >= 15 is 0 Å². The number of quaternary nitrogens is 6. The van der Waals surface area contributed by atoms with Gasteiger partial charge < -0.3 is 37.1 Å². The Bertz CT molecular complexity index is 974. The lowest BCUT2D eigenvalue weighted by Crippen LogP contribution is -2.75. The summed E-state index contributed by atoms with van der Waals surface area (Å²) in [7, 11) is 0. The van der Waals surface area contributed by atoms with Crippen LogP contribution in [-0.4, -0.2) is 207 Å². The molecule has 9 fully saturated rings. The second-order valence-electron chi connectivity index (χ2n) is 22.3. The Labute approximate surface area is 360 Å². The molecule has 0 amide bonds. The van der Waals surface area contributed by atoms with Gasteiger partial charge in [-0.15, -0.1) is 0 Å². The van der Waals surface area contributed by atoms with E-state index in [0.29, 0.717) is 13.2 Å². The van der Waals surface area contributed by atoms with Crippen LogP contribution in [0, 0.1) is 0 Å².